The summed E-state index contributed by atoms with van der Waals surface area (Å²) in [5, 5.41) is 14.5. The number of carboxylic acid groups (broad SMARTS) is 1. The number of amides is 2. The lowest BCUT2D eigenvalue weighted by molar-refractivity contribution is -0.141. The van der Waals surface area contributed by atoms with Gasteiger partial charge in [-0.3, -0.25) is 9.59 Å². The highest BCUT2D eigenvalue weighted by Gasteiger charge is 2.43. The van der Waals surface area contributed by atoms with Gasteiger partial charge in [-0.05, 0) is 41.0 Å². The molecule has 0 aliphatic heterocycles. The van der Waals surface area contributed by atoms with Crippen LogP contribution in [0.25, 0.3) is 11.1 Å². The summed E-state index contributed by atoms with van der Waals surface area (Å²) in [6.45, 7) is 2.53. The number of alkyl carbamates (subject to hydrolysis) is 1. The molecule has 3 N–H and O–H groups in total. The number of fused-ring (bicyclic) bond motifs is 3. The summed E-state index contributed by atoms with van der Waals surface area (Å²) in [5.41, 5.74) is 4.67. The van der Waals surface area contributed by atoms with Gasteiger partial charge in [0.15, 0.2) is 0 Å². The van der Waals surface area contributed by atoms with E-state index in [0.717, 1.165) is 11.1 Å². The Hall–Kier alpha value is -3.35. The number of rotatable bonds is 9. The fourth-order valence-electron chi connectivity index (χ4n) is 4.42. The Morgan fingerprint density at radius 1 is 1.03 bits per heavy atom. The maximum atomic E-state index is 12.3. The van der Waals surface area contributed by atoms with E-state index >= 15 is 0 Å². The predicted molar refractivity (Wildman–Crippen MR) is 119 cm³/mol. The average Bonchev–Trinajstić information content (AvgIpc) is 3.51. The van der Waals surface area contributed by atoms with Crippen molar-refractivity contribution in [2.75, 3.05) is 19.7 Å². The van der Waals surface area contributed by atoms with Crippen LogP contribution < -0.4 is 10.6 Å². The standard InChI is InChI=1S/C25H28N2O5/c1-2-15(24(29)30)12-26-23(28)21-11-16(21)13-27-25(31)32-14-22-19-9-5-3-7-17(19)18-8-4-6-10-20(18)22/h3-10,15-16,21-22H,2,11-14H2,1H3,(H,26,28)(H,27,31)(H,29,30)/t15?,16-,21-/m1/s1. The van der Waals surface area contributed by atoms with Crippen molar-refractivity contribution in [3.8, 4) is 11.1 Å². The molecular weight excluding hydrogens is 408 g/mol. The quantitative estimate of drug-likeness (QED) is 0.559. The van der Waals surface area contributed by atoms with Gasteiger partial charge in [0.1, 0.15) is 6.61 Å². The summed E-state index contributed by atoms with van der Waals surface area (Å²) in [7, 11) is 0. The van der Waals surface area contributed by atoms with E-state index in [-0.39, 0.29) is 36.8 Å². The summed E-state index contributed by atoms with van der Waals surface area (Å²) < 4.78 is 5.52. The first kappa shape index (κ1) is 21.9. The summed E-state index contributed by atoms with van der Waals surface area (Å²) in [4.78, 5) is 35.5. The van der Waals surface area contributed by atoms with Gasteiger partial charge >= 0.3 is 12.1 Å². The smallest absolute Gasteiger partial charge is 0.407 e. The molecule has 2 aromatic rings. The van der Waals surface area contributed by atoms with Crippen LogP contribution in [0.1, 0.15) is 36.8 Å². The molecule has 4 rings (SSSR count). The first-order chi connectivity index (χ1) is 15.5. The molecule has 1 fully saturated rings. The van der Waals surface area contributed by atoms with E-state index in [1.165, 1.54) is 11.1 Å². The molecule has 7 nitrogen and oxygen atoms in total. The molecule has 0 heterocycles. The number of carbonyl (C=O) groups excluding carboxylic acids is 2. The molecule has 2 aliphatic rings. The minimum absolute atomic E-state index is 0.00773. The van der Waals surface area contributed by atoms with Gasteiger partial charge in [0, 0.05) is 24.9 Å². The number of nitrogens with one attached hydrogen (secondary N) is 2. The van der Waals surface area contributed by atoms with Crippen molar-refractivity contribution in [1.82, 2.24) is 10.6 Å². The Balaban J connectivity index is 1.22. The Morgan fingerprint density at radius 3 is 2.25 bits per heavy atom. The van der Waals surface area contributed by atoms with Gasteiger partial charge in [-0.2, -0.15) is 0 Å². The average molecular weight is 437 g/mol. The zero-order valence-corrected chi connectivity index (χ0v) is 18.0. The van der Waals surface area contributed by atoms with Gasteiger partial charge in [0.05, 0.1) is 5.92 Å². The van der Waals surface area contributed by atoms with E-state index in [2.05, 4.69) is 34.9 Å². The molecule has 0 saturated heterocycles. The van der Waals surface area contributed by atoms with E-state index in [0.29, 0.717) is 19.4 Å². The number of ether oxygens (including phenoxy) is 1. The first-order valence-electron chi connectivity index (χ1n) is 11.1. The zero-order valence-electron chi connectivity index (χ0n) is 18.0. The van der Waals surface area contributed by atoms with Crippen molar-refractivity contribution in [2.24, 2.45) is 17.8 Å². The Morgan fingerprint density at radius 2 is 1.66 bits per heavy atom. The van der Waals surface area contributed by atoms with Crippen LogP contribution in [0.4, 0.5) is 4.79 Å². The maximum Gasteiger partial charge on any atom is 0.407 e. The molecule has 1 saturated carbocycles. The minimum atomic E-state index is -0.905. The lowest BCUT2D eigenvalue weighted by Crippen LogP contribution is -2.34. The van der Waals surface area contributed by atoms with Gasteiger partial charge in [0.2, 0.25) is 5.91 Å². The second kappa shape index (κ2) is 9.42. The SMILES string of the molecule is CCC(CNC(=O)[C@@H]1C[C@@H]1CNC(=O)OCC1c2ccccc2-c2ccccc21)C(=O)O. The number of carbonyl (C=O) groups is 3. The predicted octanol–water partition coefficient (Wildman–Crippen LogP) is 3.39. The monoisotopic (exact) mass is 436 g/mol. The van der Waals surface area contributed by atoms with Crippen molar-refractivity contribution in [3.63, 3.8) is 0 Å². The highest BCUT2D eigenvalue weighted by molar-refractivity contribution is 5.82. The maximum absolute atomic E-state index is 12.3. The number of carboxylic acids is 1. The highest BCUT2D eigenvalue weighted by atomic mass is 16.5. The molecule has 2 aromatic carbocycles. The molecule has 0 aromatic heterocycles. The van der Waals surface area contributed by atoms with E-state index in [1.54, 1.807) is 6.92 Å². The third-order valence-corrected chi connectivity index (χ3v) is 6.48. The lowest BCUT2D eigenvalue weighted by Gasteiger charge is -2.14. The number of aliphatic carboxylic acids is 1. The fourth-order valence-corrected chi connectivity index (χ4v) is 4.42. The van der Waals surface area contributed by atoms with Crippen LogP contribution in [0.3, 0.4) is 0 Å². The van der Waals surface area contributed by atoms with E-state index in [1.807, 2.05) is 24.3 Å². The van der Waals surface area contributed by atoms with Crippen LogP contribution in [-0.4, -0.2) is 42.8 Å². The van der Waals surface area contributed by atoms with Crippen LogP contribution in [0.15, 0.2) is 48.5 Å². The van der Waals surface area contributed by atoms with Gasteiger partial charge in [0.25, 0.3) is 0 Å². The van der Waals surface area contributed by atoms with E-state index in [4.69, 9.17) is 9.84 Å². The van der Waals surface area contributed by atoms with Gasteiger partial charge in [-0.15, -0.1) is 0 Å². The topological polar surface area (TPSA) is 105 Å². The molecule has 0 radical (unpaired) electrons. The largest absolute Gasteiger partial charge is 0.481 e. The second-order valence-electron chi connectivity index (χ2n) is 8.50. The summed E-state index contributed by atoms with van der Waals surface area (Å²) in [5.74, 6) is -1.75. The van der Waals surface area contributed by atoms with Crippen LogP contribution >= 0.6 is 0 Å². The molecule has 168 valence electrons. The summed E-state index contributed by atoms with van der Waals surface area (Å²) in [6, 6.07) is 16.3. The molecule has 32 heavy (non-hydrogen) atoms. The van der Waals surface area contributed by atoms with Crippen molar-refractivity contribution < 1.29 is 24.2 Å². The van der Waals surface area contributed by atoms with Gasteiger partial charge in [-0.25, -0.2) is 4.79 Å². The summed E-state index contributed by atoms with van der Waals surface area (Å²) >= 11 is 0. The Labute approximate surface area is 187 Å². The van der Waals surface area contributed by atoms with Crippen molar-refractivity contribution in [1.29, 1.82) is 0 Å². The van der Waals surface area contributed by atoms with Crippen LogP contribution in [0.5, 0.6) is 0 Å². The highest BCUT2D eigenvalue weighted by Crippen LogP contribution is 2.44. The minimum Gasteiger partial charge on any atom is -0.481 e. The number of hydrogen-bond acceptors (Lipinski definition) is 4. The van der Waals surface area contributed by atoms with Crippen molar-refractivity contribution in [2.45, 2.75) is 25.7 Å². The molecule has 1 unspecified atom stereocenters. The molecular formula is C25H28N2O5. The third-order valence-electron chi connectivity index (χ3n) is 6.48. The van der Waals surface area contributed by atoms with Crippen LogP contribution in [0, 0.1) is 17.8 Å². The summed E-state index contributed by atoms with van der Waals surface area (Å²) in [6.07, 6.45) is 0.654. The fraction of sp³-hybridized carbons (Fsp3) is 0.400. The molecule has 2 amide bonds. The van der Waals surface area contributed by atoms with Crippen LogP contribution in [-0.2, 0) is 14.3 Å². The third kappa shape index (κ3) is 4.61. The number of hydrogen-bond donors (Lipinski definition) is 3. The van der Waals surface area contributed by atoms with Crippen LogP contribution in [0.2, 0.25) is 0 Å². The van der Waals surface area contributed by atoms with E-state index in [9.17, 15) is 14.4 Å². The number of benzene rings is 2. The van der Waals surface area contributed by atoms with Crippen molar-refractivity contribution >= 4 is 18.0 Å². The molecule has 3 atom stereocenters. The Bertz CT molecular complexity index is 975. The Kier molecular flexibility index (Phi) is 6.44. The second-order valence-corrected chi connectivity index (χ2v) is 8.50. The molecule has 0 bridgehead atoms. The zero-order chi connectivity index (χ0) is 22.7. The van der Waals surface area contributed by atoms with E-state index < -0.39 is 18.0 Å². The first-order valence-corrected chi connectivity index (χ1v) is 11.1. The molecule has 7 heteroatoms. The van der Waals surface area contributed by atoms with Crippen molar-refractivity contribution in [3.05, 3.63) is 59.7 Å². The normalized spacial score (nSPS) is 19.4. The van der Waals surface area contributed by atoms with Gasteiger partial charge in [-0.1, -0.05) is 55.5 Å². The lowest BCUT2D eigenvalue weighted by atomic mass is 9.98. The van der Waals surface area contributed by atoms with Gasteiger partial charge < -0.3 is 20.5 Å². The molecule has 0 spiro atoms. The molecule has 2 aliphatic carbocycles.